The van der Waals surface area contributed by atoms with E-state index in [0.717, 1.165) is 19.3 Å². The molecule has 0 heterocycles. The molecule has 0 aliphatic heterocycles. The SMILES string of the molecule is CCC1(C2CCCCCCCC2)CCC(O)CCC(O)CC1O. The van der Waals surface area contributed by atoms with Crippen LogP contribution in [0.1, 0.15) is 96.8 Å². The largest absolute Gasteiger partial charge is 0.393 e. The molecule has 0 saturated heterocycles. The number of aliphatic hydroxyl groups is 3. The van der Waals surface area contributed by atoms with Crippen molar-refractivity contribution in [2.24, 2.45) is 11.3 Å². The average Bonchev–Trinajstić information content (AvgIpc) is 2.70. The van der Waals surface area contributed by atoms with Crippen LogP contribution in [-0.2, 0) is 0 Å². The van der Waals surface area contributed by atoms with Gasteiger partial charge in [0.05, 0.1) is 18.3 Å². The van der Waals surface area contributed by atoms with E-state index < -0.39 is 12.2 Å². The van der Waals surface area contributed by atoms with Crippen LogP contribution in [0.15, 0.2) is 0 Å². The first-order valence-electron chi connectivity index (χ1n) is 10.1. The van der Waals surface area contributed by atoms with Gasteiger partial charge in [-0.05, 0) is 62.7 Å². The molecule has 2 fully saturated rings. The van der Waals surface area contributed by atoms with Crippen LogP contribution >= 0.6 is 0 Å². The maximum atomic E-state index is 11.0. The Kier molecular flexibility index (Phi) is 7.84. The Morgan fingerprint density at radius 2 is 1.30 bits per heavy atom. The van der Waals surface area contributed by atoms with E-state index in [2.05, 4.69) is 6.92 Å². The molecule has 23 heavy (non-hydrogen) atoms. The number of aliphatic hydroxyl groups excluding tert-OH is 3. The highest BCUT2D eigenvalue weighted by molar-refractivity contribution is 4.94. The van der Waals surface area contributed by atoms with E-state index in [1.807, 2.05) is 0 Å². The van der Waals surface area contributed by atoms with Gasteiger partial charge in [-0.15, -0.1) is 0 Å². The van der Waals surface area contributed by atoms with E-state index in [4.69, 9.17) is 0 Å². The highest BCUT2D eigenvalue weighted by atomic mass is 16.3. The van der Waals surface area contributed by atoms with E-state index in [1.165, 1.54) is 51.4 Å². The van der Waals surface area contributed by atoms with Gasteiger partial charge in [-0.1, -0.05) is 45.4 Å². The van der Waals surface area contributed by atoms with Crippen LogP contribution in [0.4, 0.5) is 0 Å². The lowest BCUT2D eigenvalue weighted by molar-refractivity contribution is -0.0622. The standard InChI is InChI=1S/C20H38O3/c1-2-20(16-9-7-5-3-4-6-8-10-16)14-13-17(21)11-12-18(22)15-19(20)23/h16-19,21-23H,2-15H2,1H3. The summed E-state index contributed by atoms with van der Waals surface area (Å²) in [7, 11) is 0. The Hall–Kier alpha value is -0.120. The number of hydrogen-bond acceptors (Lipinski definition) is 3. The lowest BCUT2D eigenvalue weighted by Gasteiger charge is -2.45. The molecule has 4 unspecified atom stereocenters. The molecule has 3 N–H and O–H groups in total. The highest BCUT2D eigenvalue weighted by Gasteiger charge is 2.44. The minimum Gasteiger partial charge on any atom is -0.393 e. The highest BCUT2D eigenvalue weighted by Crippen LogP contribution is 2.48. The second-order valence-electron chi connectivity index (χ2n) is 8.16. The summed E-state index contributed by atoms with van der Waals surface area (Å²) in [5.74, 6) is 0.540. The van der Waals surface area contributed by atoms with Crippen LogP contribution in [0.5, 0.6) is 0 Å². The third kappa shape index (κ3) is 5.17. The van der Waals surface area contributed by atoms with Crippen molar-refractivity contribution in [3.63, 3.8) is 0 Å². The predicted octanol–water partition coefficient (Wildman–Crippen LogP) is 4.18. The molecule has 0 aromatic rings. The third-order valence-electron chi connectivity index (χ3n) is 6.76. The quantitative estimate of drug-likeness (QED) is 0.713. The molecule has 0 amide bonds. The fraction of sp³-hybridized carbons (Fsp3) is 1.00. The van der Waals surface area contributed by atoms with Crippen LogP contribution < -0.4 is 0 Å². The average molecular weight is 327 g/mol. The molecule has 3 heteroatoms. The Labute approximate surface area is 142 Å². The van der Waals surface area contributed by atoms with Crippen molar-refractivity contribution in [1.82, 2.24) is 0 Å². The lowest BCUT2D eigenvalue weighted by atomic mass is 9.62. The predicted molar refractivity (Wildman–Crippen MR) is 94.3 cm³/mol. The molecule has 2 rings (SSSR count). The first-order valence-corrected chi connectivity index (χ1v) is 10.1. The molecule has 136 valence electrons. The molecule has 0 bridgehead atoms. The molecule has 0 aromatic carbocycles. The summed E-state index contributed by atoms with van der Waals surface area (Å²) >= 11 is 0. The summed E-state index contributed by atoms with van der Waals surface area (Å²) in [6, 6.07) is 0. The van der Waals surface area contributed by atoms with Crippen LogP contribution in [0.2, 0.25) is 0 Å². The van der Waals surface area contributed by atoms with Crippen molar-refractivity contribution < 1.29 is 15.3 Å². The van der Waals surface area contributed by atoms with Gasteiger partial charge in [-0.2, -0.15) is 0 Å². The third-order valence-corrected chi connectivity index (χ3v) is 6.76. The summed E-state index contributed by atoms with van der Waals surface area (Å²) < 4.78 is 0. The van der Waals surface area contributed by atoms with Crippen molar-refractivity contribution in [2.45, 2.75) is 115 Å². The van der Waals surface area contributed by atoms with Crippen LogP contribution in [0.3, 0.4) is 0 Å². The van der Waals surface area contributed by atoms with Gasteiger partial charge in [-0.3, -0.25) is 0 Å². The lowest BCUT2D eigenvalue weighted by Crippen LogP contribution is -2.43. The van der Waals surface area contributed by atoms with Crippen molar-refractivity contribution in [1.29, 1.82) is 0 Å². The molecule has 2 aliphatic rings. The molecule has 0 spiro atoms. The van der Waals surface area contributed by atoms with Crippen molar-refractivity contribution in [2.75, 3.05) is 0 Å². The summed E-state index contributed by atoms with van der Waals surface area (Å²) in [5.41, 5.74) is -0.114. The molecule has 4 atom stereocenters. The van der Waals surface area contributed by atoms with Gasteiger partial charge in [0, 0.05) is 0 Å². The molecule has 2 saturated carbocycles. The van der Waals surface area contributed by atoms with E-state index in [0.29, 0.717) is 25.2 Å². The van der Waals surface area contributed by atoms with Crippen LogP contribution in [-0.4, -0.2) is 33.6 Å². The fourth-order valence-corrected chi connectivity index (χ4v) is 5.13. The van der Waals surface area contributed by atoms with Gasteiger partial charge in [0.25, 0.3) is 0 Å². The Morgan fingerprint density at radius 3 is 1.91 bits per heavy atom. The zero-order valence-corrected chi connectivity index (χ0v) is 15.1. The molecule has 0 radical (unpaired) electrons. The van der Waals surface area contributed by atoms with E-state index in [-0.39, 0.29) is 11.5 Å². The zero-order valence-electron chi connectivity index (χ0n) is 15.1. The van der Waals surface area contributed by atoms with Gasteiger partial charge < -0.3 is 15.3 Å². The summed E-state index contributed by atoms with van der Waals surface area (Å²) in [6.45, 7) is 2.20. The minimum atomic E-state index is -0.472. The second kappa shape index (κ2) is 9.39. The second-order valence-corrected chi connectivity index (χ2v) is 8.16. The van der Waals surface area contributed by atoms with Crippen LogP contribution in [0.25, 0.3) is 0 Å². The summed E-state index contributed by atoms with van der Waals surface area (Å²) in [5, 5.41) is 31.5. The Morgan fingerprint density at radius 1 is 0.739 bits per heavy atom. The fourth-order valence-electron chi connectivity index (χ4n) is 5.13. The normalized spacial score (nSPS) is 39.4. The van der Waals surface area contributed by atoms with Gasteiger partial charge in [0.15, 0.2) is 0 Å². The number of hydrogen-bond donors (Lipinski definition) is 3. The zero-order chi connectivity index (χ0) is 16.7. The van der Waals surface area contributed by atoms with Gasteiger partial charge in [0.1, 0.15) is 0 Å². The smallest absolute Gasteiger partial charge is 0.0623 e. The minimum absolute atomic E-state index is 0.114. The van der Waals surface area contributed by atoms with Crippen LogP contribution in [0, 0.1) is 11.3 Å². The first kappa shape index (κ1) is 19.2. The molecule has 0 aromatic heterocycles. The monoisotopic (exact) mass is 326 g/mol. The summed E-state index contributed by atoms with van der Waals surface area (Å²) in [4.78, 5) is 0. The van der Waals surface area contributed by atoms with Crippen molar-refractivity contribution >= 4 is 0 Å². The first-order chi connectivity index (χ1) is 11.1. The van der Waals surface area contributed by atoms with Gasteiger partial charge in [0.2, 0.25) is 0 Å². The molecule has 3 nitrogen and oxygen atoms in total. The van der Waals surface area contributed by atoms with E-state index >= 15 is 0 Å². The maximum Gasteiger partial charge on any atom is 0.0623 e. The van der Waals surface area contributed by atoms with Crippen molar-refractivity contribution in [3.8, 4) is 0 Å². The summed E-state index contributed by atoms with van der Waals surface area (Å²) in [6.07, 6.45) is 13.5. The van der Waals surface area contributed by atoms with E-state index in [1.54, 1.807) is 0 Å². The van der Waals surface area contributed by atoms with E-state index in [9.17, 15) is 15.3 Å². The number of rotatable bonds is 2. The van der Waals surface area contributed by atoms with Gasteiger partial charge in [-0.25, -0.2) is 0 Å². The Balaban J connectivity index is 2.20. The molecular weight excluding hydrogens is 288 g/mol. The maximum absolute atomic E-state index is 11.0. The van der Waals surface area contributed by atoms with Gasteiger partial charge >= 0.3 is 0 Å². The topological polar surface area (TPSA) is 60.7 Å². The van der Waals surface area contributed by atoms with Crippen molar-refractivity contribution in [3.05, 3.63) is 0 Å². The molecule has 2 aliphatic carbocycles. The molecular formula is C20H38O3. The Bertz CT molecular complexity index is 323.